The third-order valence-electron chi connectivity index (χ3n) is 2.73. The molecule has 19 heavy (non-hydrogen) atoms. The molecule has 0 aromatic carbocycles. The van der Waals surface area contributed by atoms with Gasteiger partial charge in [-0.25, -0.2) is 13.4 Å². The number of aromatic nitrogens is 1. The third-order valence-corrected chi connectivity index (χ3v) is 4.69. The van der Waals surface area contributed by atoms with Crippen LogP contribution in [0.1, 0.15) is 6.42 Å². The van der Waals surface area contributed by atoms with Gasteiger partial charge in [0.15, 0.2) is 5.15 Å². The van der Waals surface area contributed by atoms with Crippen molar-refractivity contribution in [2.45, 2.75) is 6.42 Å². The van der Waals surface area contributed by atoms with E-state index in [0.29, 0.717) is 10.3 Å². The number of rotatable bonds is 3. The molecule has 0 radical (unpaired) electrons. The summed E-state index contributed by atoms with van der Waals surface area (Å²) in [6, 6.07) is 3.33. The van der Waals surface area contributed by atoms with Crippen LogP contribution in [-0.4, -0.2) is 31.6 Å². The molecule has 1 aliphatic rings. The summed E-state index contributed by atoms with van der Waals surface area (Å²) in [6.45, 7) is 0.272. The Morgan fingerprint density at radius 1 is 1.47 bits per heavy atom. The fraction of sp³-hybridized carbons (Fsp3) is 0.400. The van der Waals surface area contributed by atoms with Gasteiger partial charge in [-0.2, -0.15) is 0 Å². The molecule has 1 saturated heterocycles. The van der Waals surface area contributed by atoms with Crippen LogP contribution in [0.25, 0.3) is 0 Å². The topological polar surface area (TPSA) is 67.3 Å². The maximum absolute atomic E-state index is 11.9. The van der Waals surface area contributed by atoms with Gasteiger partial charge in [0.1, 0.15) is 4.60 Å². The van der Waals surface area contributed by atoms with Gasteiger partial charge in [0.2, 0.25) is 15.0 Å². The van der Waals surface area contributed by atoms with E-state index in [1.165, 1.54) is 4.90 Å². The average molecular weight is 388 g/mol. The predicted molar refractivity (Wildman–Crippen MR) is 77.0 cm³/mol. The fourth-order valence-corrected chi connectivity index (χ4v) is 4.00. The van der Waals surface area contributed by atoms with E-state index in [9.17, 15) is 13.2 Å². The van der Waals surface area contributed by atoms with E-state index in [1.54, 1.807) is 12.1 Å². The molecule has 1 aromatic heterocycles. The maximum Gasteiger partial charge on any atom is 0.232 e. The normalized spacial score (nSPS) is 20.1. The highest BCUT2D eigenvalue weighted by Gasteiger charge is 2.34. The van der Waals surface area contributed by atoms with Gasteiger partial charge in [-0.05, 0) is 28.1 Å². The molecule has 0 N–H and O–H groups in total. The molecule has 0 aliphatic carbocycles. The summed E-state index contributed by atoms with van der Waals surface area (Å²) in [4.78, 5) is 17.3. The van der Waals surface area contributed by atoms with Crippen molar-refractivity contribution in [1.82, 2.24) is 4.98 Å². The highest BCUT2D eigenvalue weighted by molar-refractivity contribution is 9.10. The number of anilines is 1. The Morgan fingerprint density at radius 3 is 2.74 bits per heavy atom. The quantitative estimate of drug-likeness (QED) is 0.590. The van der Waals surface area contributed by atoms with Gasteiger partial charge in [0, 0.05) is 29.6 Å². The van der Waals surface area contributed by atoms with Crippen molar-refractivity contribution in [3.63, 3.8) is 0 Å². The molecule has 1 aromatic rings. The Bertz CT molecular complexity index is 623. The van der Waals surface area contributed by atoms with Crippen LogP contribution in [0, 0.1) is 5.92 Å². The molecule has 9 heteroatoms. The van der Waals surface area contributed by atoms with Crippen LogP contribution in [0.5, 0.6) is 0 Å². The first kappa shape index (κ1) is 15.0. The zero-order valence-electron chi connectivity index (χ0n) is 9.51. The number of hydrogen-bond acceptors (Lipinski definition) is 4. The smallest absolute Gasteiger partial charge is 0.232 e. The number of pyridine rings is 1. The summed E-state index contributed by atoms with van der Waals surface area (Å²) < 4.78 is 22.6. The lowest BCUT2D eigenvalue weighted by Gasteiger charge is -2.17. The van der Waals surface area contributed by atoms with Gasteiger partial charge in [0.05, 0.1) is 11.4 Å². The minimum absolute atomic E-state index is 0.137. The van der Waals surface area contributed by atoms with Crippen molar-refractivity contribution in [3.05, 3.63) is 21.9 Å². The van der Waals surface area contributed by atoms with E-state index < -0.39 is 9.05 Å². The average Bonchev–Trinajstić information content (AvgIpc) is 2.56. The standard InChI is InChI=1S/C10H9BrCl2N2O3S/c11-8-2-1-7(10(12)14-8)15-4-6(3-9(15)16)5-19(13,17)18/h1-2,6H,3-5H2. The number of halogens is 3. The van der Waals surface area contributed by atoms with Crippen LogP contribution in [-0.2, 0) is 13.8 Å². The second-order valence-corrected chi connectivity index (χ2v) is 8.22. The Hall–Kier alpha value is -0.370. The molecule has 1 fully saturated rings. The zero-order chi connectivity index (χ0) is 14.2. The van der Waals surface area contributed by atoms with Gasteiger partial charge in [0.25, 0.3) is 0 Å². The van der Waals surface area contributed by atoms with E-state index in [0.717, 1.165) is 0 Å². The van der Waals surface area contributed by atoms with Crippen molar-refractivity contribution >= 4 is 58.9 Å². The van der Waals surface area contributed by atoms with Crippen LogP contribution in [0.4, 0.5) is 5.69 Å². The van der Waals surface area contributed by atoms with E-state index in [4.69, 9.17) is 22.3 Å². The zero-order valence-corrected chi connectivity index (χ0v) is 13.4. The molecule has 0 bridgehead atoms. The van der Waals surface area contributed by atoms with Gasteiger partial charge in [-0.15, -0.1) is 0 Å². The maximum atomic E-state index is 11.9. The van der Waals surface area contributed by atoms with Crippen molar-refractivity contribution in [2.75, 3.05) is 17.2 Å². The van der Waals surface area contributed by atoms with Gasteiger partial charge in [-0.1, -0.05) is 11.6 Å². The largest absolute Gasteiger partial charge is 0.309 e. The molecule has 0 spiro atoms. The molecular weight excluding hydrogens is 379 g/mol. The number of nitrogens with zero attached hydrogens (tertiary/aromatic N) is 2. The minimum atomic E-state index is -3.62. The van der Waals surface area contributed by atoms with Crippen LogP contribution in [0.3, 0.4) is 0 Å². The van der Waals surface area contributed by atoms with Crippen LogP contribution in [0.2, 0.25) is 5.15 Å². The number of amides is 1. The van der Waals surface area contributed by atoms with Crippen LogP contribution in [0.15, 0.2) is 16.7 Å². The van der Waals surface area contributed by atoms with Gasteiger partial charge >= 0.3 is 0 Å². The summed E-state index contributed by atoms with van der Waals surface area (Å²) in [7, 11) is 1.59. The highest BCUT2D eigenvalue weighted by atomic mass is 79.9. The molecule has 1 unspecified atom stereocenters. The SMILES string of the molecule is O=C1CC(CS(=O)(=O)Cl)CN1c1ccc(Br)nc1Cl. The molecule has 1 aliphatic heterocycles. The molecule has 1 atom stereocenters. The number of hydrogen-bond donors (Lipinski definition) is 0. The minimum Gasteiger partial charge on any atom is -0.309 e. The lowest BCUT2D eigenvalue weighted by Crippen LogP contribution is -2.25. The molecule has 2 heterocycles. The molecule has 104 valence electrons. The Morgan fingerprint density at radius 2 is 2.16 bits per heavy atom. The highest BCUT2D eigenvalue weighted by Crippen LogP contribution is 2.31. The second-order valence-electron chi connectivity index (χ2n) is 4.22. The molecule has 0 saturated carbocycles. The van der Waals surface area contributed by atoms with Crippen molar-refractivity contribution < 1.29 is 13.2 Å². The fourth-order valence-electron chi connectivity index (χ4n) is 2.01. The first-order valence-corrected chi connectivity index (χ1v) is 8.96. The number of carbonyl (C=O) groups is 1. The van der Waals surface area contributed by atoms with E-state index >= 15 is 0 Å². The van der Waals surface area contributed by atoms with Crippen LogP contribution < -0.4 is 4.90 Å². The van der Waals surface area contributed by atoms with Crippen molar-refractivity contribution in [3.8, 4) is 0 Å². The van der Waals surface area contributed by atoms with Crippen molar-refractivity contribution in [1.29, 1.82) is 0 Å². The van der Waals surface area contributed by atoms with Gasteiger partial charge in [-0.3, -0.25) is 4.79 Å². The summed E-state index contributed by atoms with van der Waals surface area (Å²) >= 11 is 9.15. The van der Waals surface area contributed by atoms with E-state index in [2.05, 4.69) is 20.9 Å². The summed E-state index contributed by atoms with van der Waals surface area (Å²) in [5.41, 5.74) is 0.476. The Labute approximate surface area is 128 Å². The first-order chi connectivity index (χ1) is 8.76. The van der Waals surface area contributed by atoms with Crippen molar-refractivity contribution in [2.24, 2.45) is 5.92 Å². The predicted octanol–water partition coefficient (Wildman–Crippen LogP) is 2.42. The molecular formula is C10H9BrCl2N2O3S. The van der Waals surface area contributed by atoms with Crippen LogP contribution >= 0.6 is 38.2 Å². The second kappa shape index (κ2) is 5.55. The lowest BCUT2D eigenvalue weighted by atomic mass is 10.1. The number of carbonyl (C=O) groups excluding carboxylic acids is 1. The lowest BCUT2D eigenvalue weighted by molar-refractivity contribution is -0.117. The molecule has 5 nitrogen and oxygen atoms in total. The third kappa shape index (κ3) is 3.81. The van der Waals surface area contributed by atoms with Gasteiger partial charge < -0.3 is 4.90 Å². The summed E-state index contributed by atoms with van der Waals surface area (Å²) in [5.74, 6) is -0.732. The molecule has 2 rings (SSSR count). The monoisotopic (exact) mass is 386 g/mol. The Kier molecular flexibility index (Phi) is 4.39. The first-order valence-electron chi connectivity index (χ1n) is 5.31. The Balaban J connectivity index is 2.20. The summed E-state index contributed by atoms with van der Waals surface area (Å²) in [6.07, 6.45) is 0.137. The molecule has 1 amide bonds. The summed E-state index contributed by atoms with van der Waals surface area (Å²) in [5, 5.41) is 0.192. The van der Waals surface area contributed by atoms with E-state index in [-0.39, 0.29) is 35.7 Å². The van der Waals surface area contributed by atoms with E-state index in [1.807, 2.05) is 0 Å².